The van der Waals surface area contributed by atoms with E-state index in [0.29, 0.717) is 30.4 Å². The summed E-state index contributed by atoms with van der Waals surface area (Å²) in [5.74, 6) is 2.02. The van der Waals surface area contributed by atoms with E-state index in [4.69, 9.17) is 4.74 Å². The van der Waals surface area contributed by atoms with E-state index in [0.717, 1.165) is 43.2 Å². The maximum atomic E-state index is 12.8. The first-order chi connectivity index (χ1) is 15.0. The molecule has 0 aliphatic carbocycles. The summed E-state index contributed by atoms with van der Waals surface area (Å²) in [6.07, 6.45) is 1.66. The molecule has 0 atom stereocenters. The second-order valence-electron chi connectivity index (χ2n) is 7.58. The Hall–Kier alpha value is -1.85. The van der Waals surface area contributed by atoms with Crippen molar-refractivity contribution in [1.82, 2.24) is 14.9 Å². The molecular formula is C23H33IN4O3S. The van der Waals surface area contributed by atoms with Gasteiger partial charge < -0.3 is 15.4 Å². The fourth-order valence-electron chi connectivity index (χ4n) is 3.58. The number of guanidine groups is 1. The van der Waals surface area contributed by atoms with Crippen molar-refractivity contribution in [1.29, 1.82) is 0 Å². The Morgan fingerprint density at radius 1 is 1.06 bits per heavy atom. The van der Waals surface area contributed by atoms with Gasteiger partial charge in [-0.05, 0) is 55.5 Å². The Morgan fingerprint density at radius 3 is 2.31 bits per heavy atom. The van der Waals surface area contributed by atoms with Crippen LogP contribution in [0.2, 0.25) is 0 Å². The maximum Gasteiger partial charge on any atom is 0.243 e. The van der Waals surface area contributed by atoms with E-state index in [1.165, 1.54) is 0 Å². The van der Waals surface area contributed by atoms with Crippen molar-refractivity contribution in [3.8, 4) is 5.75 Å². The van der Waals surface area contributed by atoms with Gasteiger partial charge in [0.05, 0.1) is 18.6 Å². The number of ether oxygens (including phenoxy) is 1. The van der Waals surface area contributed by atoms with Gasteiger partial charge in [0.2, 0.25) is 10.0 Å². The molecule has 0 aromatic heterocycles. The van der Waals surface area contributed by atoms with Gasteiger partial charge in [0, 0.05) is 26.2 Å². The van der Waals surface area contributed by atoms with Gasteiger partial charge >= 0.3 is 0 Å². The number of rotatable bonds is 8. The molecule has 7 nitrogen and oxygen atoms in total. The number of benzene rings is 2. The van der Waals surface area contributed by atoms with E-state index in [-0.39, 0.29) is 24.0 Å². The molecule has 1 aliphatic rings. The van der Waals surface area contributed by atoms with Crippen molar-refractivity contribution in [2.75, 3.05) is 33.3 Å². The Balaban J connectivity index is 0.00000363. The van der Waals surface area contributed by atoms with Crippen LogP contribution in [0, 0.1) is 5.92 Å². The zero-order valence-corrected chi connectivity index (χ0v) is 21.8. The highest BCUT2D eigenvalue weighted by molar-refractivity contribution is 14.0. The van der Waals surface area contributed by atoms with Crippen LogP contribution < -0.4 is 15.4 Å². The first-order valence-electron chi connectivity index (χ1n) is 10.7. The summed E-state index contributed by atoms with van der Waals surface area (Å²) in [6.45, 7) is 5.26. The zero-order valence-electron chi connectivity index (χ0n) is 18.7. The Bertz CT molecular complexity index is 945. The number of hydrogen-bond acceptors (Lipinski definition) is 4. The second kappa shape index (κ2) is 13.0. The lowest BCUT2D eigenvalue weighted by Crippen LogP contribution is -2.44. The molecular weight excluding hydrogens is 539 g/mol. The lowest BCUT2D eigenvalue weighted by Gasteiger charge is -2.31. The normalized spacial score (nSPS) is 15.6. The standard InChI is InChI=1S/C23H32N4O3S.HI/c1-3-24-23(25-17-19-9-11-21(30-2)12-10-19)26-18-20-13-15-27(16-14-20)31(28,29)22-7-5-4-6-8-22;/h4-12,20H,3,13-18H2,1-2H3,(H2,24,25,26);1H. The third-order valence-corrected chi connectivity index (χ3v) is 7.35. The molecule has 0 spiro atoms. The van der Waals surface area contributed by atoms with Gasteiger partial charge in [0.15, 0.2) is 5.96 Å². The van der Waals surface area contributed by atoms with Gasteiger partial charge in [-0.1, -0.05) is 30.3 Å². The highest BCUT2D eigenvalue weighted by Gasteiger charge is 2.29. The molecule has 176 valence electrons. The summed E-state index contributed by atoms with van der Waals surface area (Å²) in [5.41, 5.74) is 1.11. The lowest BCUT2D eigenvalue weighted by atomic mass is 9.98. The van der Waals surface area contributed by atoms with Crippen LogP contribution in [0.3, 0.4) is 0 Å². The van der Waals surface area contributed by atoms with E-state index < -0.39 is 10.0 Å². The lowest BCUT2D eigenvalue weighted by molar-refractivity contribution is 0.273. The fourth-order valence-corrected chi connectivity index (χ4v) is 5.07. The second-order valence-corrected chi connectivity index (χ2v) is 9.52. The van der Waals surface area contributed by atoms with Crippen molar-refractivity contribution in [2.45, 2.75) is 31.2 Å². The van der Waals surface area contributed by atoms with Gasteiger partial charge in [-0.15, -0.1) is 24.0 Å². The molecule has 0 unspecified atom stereocenters. The predicted molar refractivity (Wildman–Crippen MR) is 139 cm³/mol. The third kappa shape index (κ3) is 7.35. The first-order valence-corrected chi connectivity index (χ1v) is 12.2. The summed E-state index contributed by atoms with van der Waals surface area (Å²) in [4.78, 5) is 5.03. The molecule has 1 saturated heterocycles. The van der Waals surface area contributed by atoms with Gasteiger partial charge in [0.1, 0.15) is 5.75 Å². The van der Waals surface area contributed by atoms with Crippen molar-refractivity contribution >= 4 is 40.0 Å². The quantitative estimate of drug-likeness (QED) is 0.288. The number of piperidine rings is 1. The van der Waals surface area contributed by atoms with E-state index in [9.17, 15) is 8.42 Å². The molecule has 32 heavy (non-hydrogen) atoms. The molecule has 9 heteroatoms. The van der Waals surface area contributed by atoms with Crippen molar-refractivity contribution in [2.24, 2.45) is 10.9 Å². The van der Waals surface area contributed by atoms with Crippen LogP contribution in [0.5, 0.6) is 5.75 Å². The van der Waals surface area contributed by atoms with E-state index >= 15 is 0 Å². The summed E-state index contributed by atoms with van der Waals surface area (Å²) in [6, 6.07) is 16.5. The Kier molecular flexibility index (Phi) is 10.7. The van der Waals surface area contributed by atoms with Crippen molar-refractivity contribution < 1.29 is 13.2 Å². The van der Waals surface area contributed by atoms with Crippen LogP contribution in [0.4, 0.5) is 0 Å². The minimum absolute atomic E-state index is 0. The van der Waals surface area contributed by atoms with Crippen LogP contribution in [-0.4, -0.2) is 52.0 Å². The summed E-state index contributed by atoms with van der Waals surface area (Å²) >= 11 is 0. The van der Waals surface area contributed by atoms with Crippen molar-refractivity contribution in [3.63, 3.8) is 0 Å². The molecule has 1 heterocycles. The molecule has 3 rings (SSSR count). The summed E-state index contributed by atoms with van der Waals surface area (Å²) < 4.78 is 32.3. The SMILES string of the molecule is CCNC(=NCc1ccc(OC)cc1)NCC1CCN(S(=O)(=O)c2ccccc2)CC1.I. The van der Waals surface area contributed by atoms with Crippen LogP contribution in [0.1, 0.15) is 25.3 Å². The number of nitrogens with one attached hydrogen (secondary N) is 2. The smallest absolute Gasteiger partial charge is 0.243 e. The number of aliphatic imine (C=N–C) groups is 1. The van der Waals surface area contributed by atoms with Crippen molar-refractivity contribution in [3.05, 3.63) is 60.2 Å². The maximum absolute atomic E-state index is 12.8. The highest BCUT2D eigenvalue weighted by Crippen LogP contribution is 2.23. The minimum atomic E-state index is -3.40. The molecule has 0 saturated carbocycles. The average molecular weight is 573 g/mol. The summed E-state index contributed by atoms with van der Waals surface area (Å²) in [5, 5.41) is 6.69. The van der Waals surface area contributed by atoms with Gasteiger partial charge in [0.25, 0.3) is 0 Å². The van der Waals surface area contributed by atoms with Gasteiger partial charge in [-0.2, -0.15) is 4.31 Å². The van der Waals surface area contributed by atoms with E-state index in [1.54, 1.807) is 35.7 Å². The van der Waals surface area contributed by atoms with Crippen LogP contribution in [0.15, 0.2) is 64.5 Å². The highest BCUT2D eigenvalue weighted by atomic mass is 127. The van der Waals surface area contributed by atoms with Crippen LogP contribution in [0.25, 0.3) is 0 Å². The molecule has 2 aromatic carbocycles. The molecule has 0 bridgehead atoms. The number of methoxy groups -OCH3 is 1. The number of nitrogens with zero attached hydrogens (tertiary/aromatic N) is 2. The van der Waals surface area contributed by atoms with Gasteiger partial charge in [-0.25, -0.2) is 13.4 Å². The molecule has 2 N–H and O–H groups in total. The topological polar surface area (TPSA) is 83.0 Å². The number of hydrogen-bond donors (Lipinski definition) is 2. The third-order valence-electron chi connectivity index (χ3n) is 5.44. The fraction of sp³-hybridized carbons (Fsp3) is 0.435. The Labute approximate surface area is 208 Å². The molecule has 1 fully saturated rings. The molecule has 0 amide bonds. The van der Waals surface area contributed by atoms with Gasteiger partial charge in [-0.3, -0.25) is 0 Å². The number of sulfonamides is 1. The average Bonchev–Trinajstić information content (AvgIpc) is 2.82. The van der Waals surface area contributed by atoms with Crippen LogP contribution in [-0.2, 0) is 16.6 Å². The summed E-state index contributed by atoms with van der Waals surface area (Å²) in [7, 11) is -1.75. The largest absolute Gasteiger partial charge is 0.497 e. The zero-order chi connectivity index (χ0) is 22.1. The minimum Gasteiger partial charge on any atom is -0.497 e. The van der Waals surface area contributed by atoms with E-state index in [1.807, 2.05) is 37.3 Å². The van der Waals surface area contributed by atoms with E-state index in [2.05, 4.69) is 15.6 Å². The first kappa shape index (κ1) is 26.4. The monoisotopic (exact) mass is 572 g/mol. The Morgan fingerprint density at radius 2 is 1.72 bits per heavy atom. The molecule has 2 aromatic rings. The number of halogens is 1. The molecule has 1 aliphatic heterocycles. The predicted octanol–water partition coefficient (Wildman–Crippen LogP) is 3.47. The van der Waals surface area contributed by atoms with Crippen LogP contribution >= 0.6 is 24.0 Å². The molecule has 0 radical (unpaired) electrons.